The fraction of sp³-hybridized carbons (Fsp3) is 0.238. The second-order valence-corrected chi connectivity index (χ2v) is 6.44. The minimum atomic E-state index is -0.224. The van der Waals surface area contributed by atoms with Crippen LogP contribution in [-0.4, -0.2) is 34.5 Å². The van der Waals surface area contributed by atoms with Crippen molar-refractivity contribution in [3.63, 3.8) is 0 Å². The molecule has 0 bridgehead atoms. The van der Waals surface area contributed by atoms with Crippen molar-refractivity contribution in [1.82, 2.24) is 19.8 Å². The van der Waals surface area contributed by atoms with Gasteiger partial charge in [0.2, 0.25) is 0 Å². The van der Waals surface area contributed by atoms with Crippen molar-refractivity contribution in [2.75, 3.05) is 14.1 Å². The molecule has 1 heterocycles. The summed E-state index contributed by atoms with van der Waals surface area (Å²) in [6.07, 6.45) is 5.55. The minimum absolute atomic E-state index is 0.224. The first-order valence-electron chi connectivity index (χ1n) is 8.84. The van der Waals surface area contributed by atoms with Crippen LogP contribution in [0, 0.1) is 5.82 Å². The smallest absolute Gasteiger partial charge is 0.193 e. The van der Waals surface area contributed by atoms with Crippen LogP contribution in [0.4, 0.5) is 4.39 Å². The van der Waals surface area contributed by atoms with E-state index < -0.39 is 0 Å². The first-order valence-corrected chi connectivity index (χ1v) is 8.84. The van der Waals surface area contributed by atoms with Crippen molar-refractivity contribution in [1.29, 1.82) is 0 Å². The van der Waals surface area contributed by atoms with Crippen LogP contribution in [-0.2, 0) is 19.6 Å². The summed E-state index contributed by atoms with van der Waals surface area (Å²) in [5.41, 5.74) is 3.30. The van der Waals surface area contributed by atoms with E-state index in [2.05, 4.69) is 39.6 Å². The Labute approximate surface area is 159 Å². The lowest BCUT2D eigenvalue weighted by atomic mass is 10.1. The quantitative estimate of drug-likeness (QED) is 0.539. The fourth-order valence-electron chi connectivity index (χ4n) is 2.98. The van der Waals surface area contributed by atoms with Crippen molar-refractivity contribution in [2.45, 2.75) is 19.6 Å². The summed E-state index contributed by atoms with van der Waals surface area (Å²) in [6, 6.07) is 15.1. The summed E-state index contributed by atoms with van der Waals surface area (Å²) in [5, 5.41) is 3.37. The Bertz CT molecular complexity index is 889. The van der Waals surface area contributed by atoms with Gasteiger partial charge in [-0.15, -0.1) is 0 Å². The van der Waals surface area contributed by atoms with E-state index in [4.69, 9.17) is 0 Å². The zero-order valence-corrected chi connectivity index (χ0v) is 15.6. The van der Waals surface area contributed by atoms with Gasteiger partial charge in [-0.3, -0.25) is 4.99 Å². The maximum Gasteiger partial charge on any atom is 0.193 e. The highest BCUT2D eigenvalue weighted by Gasteiger charge is 2.07. The number of imidazole rings is 1. The molecule has 0 aliphatic rings. The standard InChI is InChI=1S/C21H24FN5/c1-23-21(26(2)14-19-7-4-8-20(22)12-19)25-13-17-5-3-6-18(11-17)15-27-10-9-24-16-27/h3-12,16H,13-15H2,1-2H3,(H,23,25). The number of rotatable bonds is 6. The molecule has 27 heavy (non-hydrogen) atoms. The molecule has 0 aliphatic heterocycles. The van der Waals surface area contributed by atoms with Gasteiger partial charge in [0, 0.05) is 46.1 Å². The second kappa shape index (κ2) is 8.98. The molecule has 0 radical (unpaired) electrons. The average Bonchev–Trinajstić information content (AvgIpc) is 3.15. The van der Waals surface area contributed by atoms with Gasteiger partial charge in [-0.1, -0.05) is 36.4 Å². The molecule has 6 heteroatoms. The highest BCUT2D eigenvalue weighted by molar-refractivity contribution is 5.79. The van der Waals surface area contributed by atoms with Crippen LogP contribution < -0.4 is 5.32 Å². The van der Waals surface area contributed by atoms with Gasteiger partial charge in [0.1, 0.15) is 5.82 Å². The topological polar surface area (TPSA) is 45.5 Å². The molecule has 0 aliphatic carbocycles. The molecule has 3 rings (SSSR count). The molecule has 3 aromatic rings. The summed E-state index contributed by atoms with van der Waals surface area (Å²) in [5.74, 6) is 0.540. The number of nitrogens with zero attached hydrogens (tertiary/aromatic N) is 4. The molecule has 2 aromatic carbocycles. The summed E-state index contributed by atoms with van der Waals surface area (Å²) in [6.45, 7) is 2.04. The molecule has 0 fully saturated rings. The molecular formula is C21H24FN5. The van der Waals surface area contributed by atoms with Crippen LogP contribution >= 0.6 is 0 Å². The predicted octanol–water partition coefficient (Wildman–Crippen LogP) is 3.28. The first kappa shape index (κ1) is 18.6. The van der Waals surface area contributed by atoms with E-state index in [-0.39, 0.29) is 5.82 Å². The lowest BCUT2D eigenvalue weighted by Gasteiger charge is -2.22. The molecule has 0 saturated heterocycles. The zero-order valence-electron chi connectivity index (χ0n) is 15.6. The molecule has 5 nitrogen and oxygen atoms in total. The summed E-state index contributed by atoms with van der Waals surface area (Å²) < 4.78 is 15.4. The first-order chi connectivity index (χ1) is 13.1. The van der Waals surface area contributed by atoms with Gasteiger partial charge in [0.25, 0.3) is 0 Å². The lowest BCUT2D eigenvalue weighted by Crippen LogP contribution is -2.38. The van der Waals surface area contributed by atoms with E-state index in [0.717, 1.165) is 18.1 Å². The number of nitrogens with one attached hydrogen (secondary N) is 1. The van der Waals surface area contributed by atoms with Gasteiger partial charge >= 0.3 is 0 Å². The highest BCUT2D eigenvalue weighted by Crippen LogP contribution is 2.09. The zero-order chi connectivity index (χ0) is 19.1. The van der Waals surface area contributed by atoms with E-state index in [1.807, 2.05) is 35.1 Å². The van der Waals surface area contributed by atoms with Crippen LogP contribution in [0.3, 0.4) is 0 Å². The maximum atomic E-state index is 13.4. The van der Waals surface area contributed by atoms with Crippen molar-refractivity contribution < 1.29 is 4.39 Å². The number of guanidine groups is 1. The molecular weight excluding hydrogens is 341 g/mol. The van der Waals surface area contributed by atoms with Gasteiger partial charge in [-0.05, 0) is 28.8 Å². The van der Waals surface area contributed by atoms with E-state index in [1.165, 1.54) is 17.2 Å². The number of hydrogen-bond donors (Lipinski definition) is 1. The predicted molar refractivity (Wildman–Crippen MR) is 106 cm³/mol. The molecule has 140 valence electrons. The van der Waals surface area contributed by atoms with Crippen LogP contribution in [0.25, 0.3) is 0 Å². The Morgan fingerprint density at radius 1 is 1.15 bits per heavy atom. The third-order valence-electron chi connectivity index (χ3n) is 4.25. The summed E-state index contributed by atoms with van der Waals surface area (Å²) in [7, 11) is 3.69. The Morgan fingerprint density at radius 3 is 2.67 bits per heavy atom. The number of hydrogen-bond acceptors (Lipinski definition) is 2. The Hall–Kier alpha value is -3.15. The van der Waals surface area contributed by atoms with Gasteiger partial charge < -0.3 is 14.8 Å². The third kappa shape index (κ3) is 5.41. The number of aromatic nitrogens is 2. The van der Waals surface area contributed by atoms with Gasteiger partial charge in [0.05, 0.1) is 6.33 Å². The molecule has 0 atom stereocenters. The summed E-state index contributed by atoms with van der Waals surface area (Å²) >= 11 is 0. The number of aliphatic imine (C=N–C) groups is 1. The molecule has 0 unspecified atom stereocenters. The van der Waals surface area contributed by atoms with Crippen LogP contribution in [0.15, 0.2) is 72.2 Å². The third-order valence-corrected chi connectivity index (χ3v) is 4.25. The molecule has 1 aromatic heterocycles. The van der Waals surface area contributed by atoms with Crippen molar-refractivity contribution in [3.8, 4) is 0 Å². The van der Waals surface area contributed by atoms with E-state index in [9.17, 15) is 4.39 Å². The number of halogens is 1. The molecule has 0 spiro atoms. The monoisotopic (exact) mass is 365 g/mol. The minimum Gasteiger partial charge on any atom is -0.352 e. The van der Waals surface area contributed by atoms with Crippen LogP contribution in [0.1, 0.15) is 16.7 Å². The SMILES string of the molecule is CN=C(NCc1cccc(Cn2ccnc2)c1)N(C)Cc1cccc(F)c1. The largest absolute Gasteiger partial charge is 0.352 e. The van der Waals surface area contributed by atoms with Gasteiger partial charge in [0.15, 0.2) is 5.96 Å². The average molecular weight is 365 g/mol. The molecule has 0 saturated carbocycles. The maximum absolute atomic E-state index is 13.4. The Kier molecular flexibility index (Phi) is 6.20. The van der Waals surface area contributed by atoms with Gasteiger partial charge in [-0.2, -0.15) is 0 Å². The lowest BCUT2D eigenvalue weighted by molar-refractivity contribution is 0.474. The van der Waals surface area contributed by atoms with Crippen LogP contribution in [0.2, 0.25) is 0 Å². The molecule has 0 amide bonds. The van der Waals surface area contributed by atoms with Crippen molar-refractivity contribution in [3.05, 3.63) is 89.8 Å². The molecule has 1 N–H and O–H groups in total. The van der Waals surface area contributed by atoms with Gasteiger partial charge in [-0.25, -0.2) is 9.37 Å². The highest BCUT2D eigenvalue weighted by atomic mass is 19.1. The summed E-state index contributed by atoms with van der Waals surface area (Å²) in [4.78, 5) is 10.4. The Balaban J connectivity index is 1.59. The van der Waals surface area contributed by atoms with E-state index in [1.54, 1.807) is 25.4 Å². The van der Waals surface area contributed by atoms with E-state index >= 15 is 0 Å². The van der Waals surface area contributed by atoms with Crippen molar-refractivity contribution >= 4 is 5.96 Å². The van der Waals surface area contributed by atoms with Crippen LogP contribution in [0.5, 0.6) is 0 Å². The fourth-order valence-corrected chi connectivity index (χ4v) is 2.98. The van der Waals surface area contributed by atoms with E-state index in [0.29, 0.717) is 13.1 Å². The second-order valence-electron chi connectivity index (χ2n) is 6.44. The Morgan fingerprint density at radius 2 is 1.93 bits per heavy atom. The normalized spacial score (nSPS) is 11.4. The number of benzene rings is 2. The van der Waals surface area contributed by atoms with Crippen molar-refractivity contribution in [2.24, 2.45) is 4.99 Å².